The highest BCUT2D eigenvalue weighted by molar-refractivity contribution is 5.80. The number of hydrogen-bond acceptors (Lipinski definition) is 2. The maximum Gasteiger partial charge on any atom is 0.324 e. The highest BCUT2D eigenvalue weighted by atomic mass is 16.4. The maximum atomic E-state index is 11.7. The number of carbonyl (C=O) groups is 1. The molecule has 0 aromatic heterocycles. The molecule has 2 rings (SSSR count). The Bertz CT molecular complexity index is 462. The Morgan fingerprint density at radius 2 is 1.89 bits per heavy atom. The third-order valence-electron chi connectivity index (χ3n) is 3.46. The molecule has 18 heavy (non-hydrogen) atoms. The summed E-state index contributed by atoms with van der Waals surface area (Å²) in [6.45, 7) is 6.04. The Labute approximate surface area is 108 Å². The number of fused-ring (bicyclic) bond motifs is 1. The van der Waals surface area contributed by atoms with Crippen LogP contribution in [0.4, 0.5) is 0 Å². The van der Waals surface area contributed by atoms with Gasteiger partial charge in [-0.15, -0.1) is 0 Å². The molecular formula is C15H21NO2. The van der Waals surface area contributed by atoms with Crippen molar-refractivity contribution in [2.45, 2.75) is 51.1 Å². The number of carboxylic acids is 1. The van der Waals surface area contributed by atoms with E-state index in [2.05, 4.69) is 11.4 Å². The van der Waals surface area contributed by atoms with Crippen LogP contribution in [0.2, 0.25) is 0 Å². The van der Waals surface area contributed by atoms with Gasteiger partial charge in [0.05, 0.1) is 0 Å². The molecule has 0 fully saturated rings. The fourth-order valence-corrected chi connectivity index (χ4v) is 2.80. The van der Waals surface area contributed by atoms with E-state index in [0.29, 0.717) is 12.8 Å². The van der Waals surface area contributed by atoms with Crippen molar-refractivity contribution in [3.8, 4) is 0 Å². The minimum atomic E-state index is -0.827. The first-order valence-electron chi connectivity index (χ1n) is 6.42. The van der Waals surface area contributed by atoms with Crippen molar-refractivity contribution in [3.05, 3.63) is 35.4 Å². The fraction of sp³-hybridized carbons (Fsp3) is 0.533. The van der Waals surface area contributed by atoms with Crippen LogP contribution in [0.25, 0.3) is 0 Å². The van der Waals surface area contributed by atoms with Crippen molar-refractivity contribution >= 4 is 5.97 Å². The molecule has 0 aliphatic heterocycles. The zero-order chi connectivity index (χ0) is 13.4. The molecule has 1 unspecified atom stereocenters. The van der Waals surface area contributed by atoms with E-state index in [0.717, 1.165) is 12.0 Å². The van der Waals surface area contributed by atoms with Crippen LogP contribution >= 0.6 is 0 Å². The van der Waals surface area contributed by atoms with Crippen LogP contribution in [0, 0.1) is 0 Å². The molecule has 0 amide bonds. The molecule has 0 heterocycles. The van der Waals surface area contributed by atoms with Gasteiger partial charge in [-0.2, -0.15) is 0 Å². The first kappa shape index (κ1) is 13.1. The Kier molecular flexibility index (Phi) is 3.20. The summed E-state index contributed by atoms with van der Waals surface area (Å²) in [6, 6.07) is 8.13. The molecule has 0 saturated carbocycles. The average Bonchev–Trinajstić information content (AvgIpc) is 2.26. The minimum absolute atomic E-state index is 0.204. The standard InChI is InChI=1S/C15H21NO2/c1-14(2,3)16-15(13(17)18)9-8-11-6-4-5-7-12(11)10-15/h4-7,16H,8-10H2,1-3H3,(H,17,18). The summed E-state index contributed by atoms with van der Waals surface area (Å²) >= 11 is 0. The topological polar surface area (TPSA) is 49.3 Å². The van der Waals surface area contributed by atoms with E-state index in [1.54, 1.807) is 0 Å². The van der Waals surface area contributed by atoms with Gasteiger partial charge in [-0.1, -0.05) is 24.3 Å². The van der Waals surface area contributed by atoms with E-state index in [4.69, 9.17) is 0 Å². The predicted octanol–water partition coefficient (Wildman–Crippen LogP) is 2.39. The lowest BCUT2D eigenvalue weighted by atomic mass is 9.76. The van der Waals surface area contributed by atoms with Crippen molar-refractivity contribution in [2.75, 3.05) is 0 Å². The highest BCUT2D eigenvalue weighted by Crippen LogP contribution is 2.30. The average molecular weight is 247 g/mol. The molecule has 1 aromatic carbocycles. The summed E-state index contributed by atoms with van der Waals surface area (Å²) in [4.78, 5) is 11.7. The van der Waals surface area contributed by atoms with Crippen LogP contribution in [0.15, 0.2) is 24.3 Å². The number of nitrogens with one attached hydrogen (secondary N) is 1. The van der Waals surface area contributed by atoms with Gasteiger partial charge in [0, 0.05) is 12.0 Å². The summed E-state index contributed by atoms with van der Waals surface area (Å²) in [5.74, 6) is -0.744. The Morgan fingerprint density at radius 3 is 2.44 bits per heavy atom. The highest BCUT2D eigenvalue weighted by Gasteiger charge is 2.43. The Morgan fingerprint density at radius 1 is 1.28 bits per heavy atom. The lowest BCUT2D eigenvalue weighted by molar-refractivity contribution is -0.146. The third kappa shape index (κ3) is 2.56. The molecule has 0 spiro atoms. The lowest BCUT2D eigenvalue weighted by Gasteiger charge is -2.40. The summed E-state index contributed by atoms with van der Waals surface area (Å²) in [5.41, 5.74) is 1.41. The molecule has 1 aliphatic carbocycles. The largest absolute Gasteiger partial charge is 0.480 e. The first-order chi connectivity index (χ1) is 8.32. The van der Waals surface area contributed by atoms with Gasteiger partial charge in [0.25, 0.3) is 0 Å². The summed E-state index contributed by atoms with van der Waals surface area (Å²) < 4.78 is 0. The van der Waals surface area contributed by atoms with E-state index in [-0.39, 0.29) is 5.54 Å². The minimum Gasteiger partial charge on any atom is -0.480 e. The molecular weight excluding hydrogens is 226 g/mol. The molecule has 1 atom stereocenters. The molecule has 3 heteroatoms. The molecule has 3 nitrogen and oxygen atoms in total. The molecule has 2 N–H and O–H groups in total. The number of aliphatic carboxylic acids is 1. The van der Waals surface area contributed by atoms with Gasteiger partial charge in [-0.05, 0) is 44.7 Å². The van der Waals surface area contributed by atoms with Crippen LogP contribution in [-0.4, -0.2) is 22.2 Å². The van der Waals surface area contributed by atoms with Crippen molar-refractivity contribution in [3.63, 3.8) is 0 Å². The number of rotatable bonds is 2. The molecule has 0 saturated heterocycles. The third-order valence-corrected chi connectivity index (χ3v) is 3.46. The van der Waals surface area contributed by atoms with Gasteiger partial charge in [0.1, 0.15) is 5.54 Å². The Balaban J connectivity index is 2.33. The fourth-order valence-electron chi connectivity index (χ4n) is 2.80. The predicted molar refractivity (Wildman–Crippen MR) is 71.7 cm³/mol. The van der Waals surface area contributed by atoms with Crippen LogP contribution in [0.1, 0.15) is 38.3 Å². The van der Waals surface area contributed by atoms with Gasteiger partial charge in [0.15, 0.2) is 0 Å². The number of benzene rings is 1. The molecule has 1 aromatic rings. The van der Waals surface area contributed by atoms with Crippen molar-refractivity contribution < 1.29 is 9.90 Å². The van der Waals surface area contributed by atoms with E-state index >= 15 is 0 Å². The quantitative estimate of drug-likeness (QED) is 0.843. The maximum absolute atomic E-state index is 11.7. The van der Waals surface area contributed by atoms with Crippen LogP contribution in [0.3, 0.4) is 0 Å². The van der Waals surface area contributed by atoms with Crippen LogP contribution < -0.4 is 5.32 Å². The normalized spacial score (nSPS) is 23.5. The van der Waals surface area contributed by atoms with E-state index in [1.165, 1.54) is 5.56 Å². The second-order valence-electron chi connectivity index (χ2n) is 6.21. The van der Waals surface area contributed by atoms with Gasteiger partial charge >= 0.3 is 5.97 Å². The molecule has 0 radical (unpaired) electrons. The number of hydrogen-bond donors (Lipinski definition) is 2. The van der Waals surface area contributed by atoms with E-state index in [1.807, 2.05) is 39.0 Å². The van der Waals surface area contributed by atoms with Crippen molar-refractivity contribution in [2.24, 2.45) is 0 Å². The molecule has 0 bridgehead atoms. The van der Waals surface area contributed by atoms with E-state index < -0.39 is 11.5 Å². The zero-order valence-corrected chi connectivity index (χ0v) is 11.3. The smallest absolute Gasteiger partial charge is 0.324 e. The summed E-state index contributed by atoms with van der Waals surface area (Å²) in [5, 5.41) is 12.9. The van der Waals surface area contributed by atoms with Crippen LogP contribution in [0.5, 0.6) is 0 Å². The first-order valence-corrected chi connectivity index (χ1v) is 6.42. The number of carboxylic acid groups (broad SMARTS) is 1. The SMILES string of the molecule is CC(C)(C)NC1(C(=O)O)CCc2ccccc2C1. The van der Waals surface area contributed by atoms with Crippen molar-refractivity contribution in [1.29, 1.82) is 0 Å². The lowest BCUT2D eigenvalue weighted by Crippen LogP contribution is -2.61. The molecule has 98 valence electrons. The second-order valence-corrected chi connectivity index (χ2v) is 6.21. The Hall–Kier alpha value is -1.35. The summed E-state index contributed by atoms with van der Waals surface area (Å²) in [7, 11) is 0. The van der Waals surface area contributed by atoms with Crippen LogP contribution in [-0.2, 0) is 17.6 Å². The molecule has 1 aliphatic rings. The van der Waals surface area contributed by atoms with Gasteiger partial charge < -0.3 is 5.11 Å². The second kappa shape index (κ2) is 4.39. The monoisotopic (exact) mass is 247 g/mol. The van der Waals surface area contributed by atoms with Gasteiger partial charge in [-0.3, -0.25) is 10.1 Å². The van der Waals surface area contributed by atoms with Gasteiger partial charge in [0.2, 0.25) is 0 Å². The zero-order valence-electron chi connectivity index (χ0n) is 11.3. The van der Waals surface area contributed by atoms with Gasteiger partial charge in [-0.25, -0.2) is 0 Å². The van der Waals surface area contributed by atoms with Crippen molar-refractivity contribution in [1.82, 2.24) is 5.32 Å². The number of aryl methyl sites for hydroxylation is 1. The van der Waals surface area contributed by atoms with E-state index in [9.17, 15) is 9.90 Å². The summed E-state index contributed by atoms with van der Waals surface area (Å²) in [6.07, 6.45) is 2.04.